The van der Waals surface area contributed by atoms with Crippen molar-refractivity contribution >= 4 is 11.6 Å². The molecular formula is C14H20N6O. The van der Waals surface area contributed by atoms with E-state index in [1.165, 1.54) is 6.20 Å². The van der Waals surface area contributed by atoms with E-state index in [2.05, 4.69) is 20.4 Å². The first kappa shape index (κ1) is 15.0. The molecule has 1 atom stereocenters. The van der Waals surface area contributed by atoms with Crippen LogP contribution in [0.4, 0.5) is 5.69 Å². The molecule has 7 nitrogen and oxygen atoms in total. The maximum Gasteiger partial charge on any atom is 0.272 e. The molecule has 0 radical (unpaired) electrons. The molecule has 112 valence electrons. The number of nitrogen functional groups attached to an aromatic ring is 1. The van der Waals surface area contributed by atoms with Crippen molar-refractivity contribution in [3.63, 3.8) is 0 Å². The average molecular weight is 288 g/mol. The lowest BCUT2D eigenvalue weighted by Crippen LogP contribution is -2.36. The van der Waals surface area contributed by atoms with E-state index in [9.17, 15) is 4.79 Å². The molecular weight excluding hydrogens is 268 g/mol. The van der Waals surface area contributed by atoms with E-state index < -0.39 is 0 Å². The number of amides is 1. The lowest BCUT2D eigenvalue weighted by molar-refractivity contribution is 0.0931. The minimum atomic E-state index is -0.295. The fourth-order valence-electron chi connectivity index (χ4n) is 1.89. The van der Waals surface area contributed by atoms with Crippen LogP contribution in [0.25, 0.3) is 0 Å². The molecule has 2 aromatic heterocycles. The molecule has 0 spiro atoms. The van der Waals surface area contributed by atoms with E-state index in [0.717, 1.165) is 0 Å². The Morgan fingerprint density at radius 1 is 1.43 bits per heavy atom. The summed E-state index contributed by atoms with van der Waals surface area (Å²) in [7, 11) is 0. The Morgan fingerprint density at radius 3 is 2.81 bits per heavy atom. The smallest absolute Gasteiger partial charge is 0.272 e. The number of anilines is 1. The highest BCUT2D eigenvalue weighted by Gasteiger charge is 2.17. The molecule has 0 aromatic carbocycles. The van der Waals surface area contributed by atoms with E-state index in [1.807, 2.05) is 33.0 Å². The fourth-order valence-corrected chi connectivity index (χ4v) is 1.89. The SMILES string of the molecule is CC(Cn1cccn1)NC(=O)c1nc(C(C)C)ncc1N. The van der Waals surface area contributed by atoms with Gasteiger partial charge in [-0.3, -0.25) is 9.48 Å². The molecule has 0 bridgehead atoms. The van der Waals surface area contributed by atoms with Gasteiger partial charge in [0.05, 0.1) is 18.4 Å². The number of hydrogen-bond acceptors (Lipinski definition) is 5. The monoisotopic (exact) mass is 288 g/mol. The van der Waals surface area contributed by atoms with Crippen molar-refractivity contribution in [3.8, 4) is 0 Å². The Bertz CT molecular complexity index is 608. The normalized spacial score (nSPS) is 12.4. The topological polar surface area (TPSA) is 98.7 Å². The predicted molar refractivity (Wildman–Crippen MR) is 79.7 cm³/mol. The molecule has 0 saturated carbocycles. The first-order chi connectivity index (χ1) is 9.97. The quantitative estimate of drug-likeness (QED) is 0.861. The molecule has 3 N–H and O–H groups in total. The number of nitrogens with one attached hydrogen (secondary N) is 1. The average Bonchev–Trinajstić information content (AvgIpc) is 2.91. The van der Waals surface area contributed by atoms with E-state index in [1.54, 1.807) is 10.9 Å². The van der Waals surface area contributed by atoms with Crippen LogP contribution in [0.1, 0.15) is 43.0 Å². The van der Waals surface area contributed by atoms with Gasteiger partial charge in [0.2, 0.25) is 0 Å². The molecule has 1 amide bonds. The van der Waals surface area contributed by atoms with Crippen LogP contribution in [0.15, 0.2) is 24.7 Å². The third kappa shape index (κ3) is 3.77. The van der Waals surface area contributed by atoms with Crippen molar-refractivity contribution in [2.45, 2.75) is 39.3 Å². The van der Waals surface area contributed by atoms with Gasteiger partial charge in [-0.25, -0.2) is 9.97 Å². The van der Waals surface area contributed by atoms with Crippen molar-refractivity contribution in [3.05, 3.63) is 36.2 Å². The number of hydrogen-bond donors (Lipinski definition) is 2. The van der Waals surface area contributed by atoms with Crippen molar-refractivity contribution in [2.24, 2.45) is 0 Å². The summed E-state index contributed by atoms with van der Waals surface area (Å²) < 4.78 is 1.76. The molecule has 2 rings (SSSR count). The van der Waals surface area contributed by atoms with Gasteiger partial charge in [-0.15, -0.1) is 0 Å². The van der Waals surface area contributed by atoms with Crippen LogP contribution < -0.4 is 11.1 Å². The lowest BCUT2D eigenvalue weighted by atomic mass is 10.2. The van der Waals surface area contributed by atoms with Crippen molar-refractivity contribution in [2.75, 3.05) is 5.73 Å². The van der Waals surface area contributed by atoms with Crippen LogP contribution in [0.3, 0.4) is 0 Å². The van der Waals surface area contributed by atoms with Gasteiger partial charge in [-0.2, -0.15) is 5.10 Å². The van der Waals surface area contributed by atoms with E-state index in [4.69, 9.17) is 5.73 Å². The number of carbonyl (C=O) groups is 1. The van der Waals surface area contributed by atoms with Gasteiger partial charge >= 0.3 is 0 Å². The zero-order valence-electron chi connectivity index (χ0n) is 12.4. The molecule has 2 heterocycles. The summed E-state index contributed by atoms with van der Waals surface area (Å²) in [5, 5.41) is 6.98. The molecule has 7 heteroatoms. The number of aromatic nitrogens is 4. The molecule has 0 fully saturated rings. The van der Waals surface area contributed by atoms with Gasteiger partial charge in [0.15, 0.2) is 5.69 Å². The molecule has 0 saturated heterocycles. The first-order valence-corrected chi connectivity index (χ1v) is 6.88. The lowest BCUT2D eigenvalue weighted by Gasteiger charge is -2.15. The standard InChI is InChI=1S/C14H20N6O/c1-9(2)13-16-7-11(15)12(19-13)14(21)18-10(3)8-20-6-4-5-17-20/h4-7,9-10H,8,15H2,1-3H3,(H,18,21). The maximum atomic E-state index is 12.3. The second-order valence-electron chi connectivity index (χ2n) is 5.29. The van der Waals surface area contributed by atoms with Gasteiger partial charge in [-0.1, -0.05) is 13.8 Å². The molecule has 21 heavy (non-hydrogen) atoms. The Balaban J connectivity index is 2.07. The van der Waals surface area contributed by atoms with E-state index >= 15 is 0 Å². The summed E-state index contributed by atoms with van der Waals surface area (Å²) >= 11 is 0. The molecule has 0 aliphatic heterocycles. The third-order valence-electron chi connectivity index (χ3n) is 2.96. The highest BCUT2D eigenvalue weighted by Crippen LogP contribution is 2.13. The highest BCUT2D eigenvalue weighted by atomic mass is 16.2. The van der Waals surface area contributed by atoms with Crippen LogP contribution in [0.5, 0.6) is 0 Å². The second kappa shape index (κ2) is 6.34. The summed E-state index contributed by atoms with van der Waals surface area (Å²) in [5.74, 6) is 0.448. The summed E-state index contributed by atoms with van der Waals surface area (Å²) in [5.41, 5.74) is 6.30. The zero-order valence-corrected chi connectivity index (χ0v) is 12.4. The van der Waals surface area contributed by atoms with Gasteiger partial charge < -0.3 is 11.1 Å². The molecule has 0 aliphatic rings. The number of nitrogens with zero attached hydrogens (tertiary/aromatic N) is 4. The number of nitrogens with two attached hydrogens (primary N) is 1. The van der Waals surface area contributed by atoms with Gasteiger partial charge in [-0.05, 0) is 13.0 Å². The Labute approximate surface area is 123 Å². The zero-order chi connectivity index (χ0) is 15.4. The summed E-state index contributed by atoms with van der Waals surface area (Å²) in [6.07, 6.45) is 5.03. The second-order valence-corrected chi connectivity index (χ2v) is 5.29. The van der Waals surface area contributed by atoms with Crippen LogP contribution >= 0.6 is 0 Å². The van der Waals surface area contributed by atoms with Crippen molar-refractivity contribution < 1.29 is 4.79 Å². The summed E-state index contributed by atoms with van der Waals surface area (Å²) in [6, 6.07) is 1.75. The van der Waals surface area contributed by atoms with E-state index in [-0.39, 0.29) is 29.2 Å². The van der Waals surface area contributed by atoms with Crippen LogP contribution in [-0.4, -0.2) is 31.7 Å². The first-order valence-electron chi connectivity index (χ1n) is 6.88. The predicted octanol–water partition coefficient (Wildman–Crippen LogP) is 1.20. The minimum Gasteiger partial charge on any atom is -0.396 e. The number of rotatable bonds is 5. The molecule has 2 aromatic rings. The minimum absolute atomic E-state index is 0.0886. The van der Waals surface area contributed by atoms with Crippen LogP contribution in [0, 0.1) is 0 Å². The van der Waals surface area contributed by atoms with E-state index in [0.29, 0.717) is 12.4 Å². The molecule has 1 unspecified atom stereocenters. The largest absolute Gasteiger partial charge is 0.396 e. The Morgan fingerprint density at radius 2 is 2.19 bits per heavy atom. The third-order valence-corrected chi connectivity index (χ3v) is 2.96. The van der Waals surface area contributed by atoms with Crippen LogP contribution in [0.2, 0.25) is 0 Å². The molecule has 0 aliphatic carbocycles. The Hall–Kier alpha value is -2.44. The van der Waals surface area contributed by atoms with Crippen molar-refractivity contribution in [1.29, 1.82) is 0 Å². The van der Waals surface area contributed by atoms with Gasteiger partial charge in [0, 0.05) is 24.4 Å². The summed E-state index contributed by atoms with van der Waals surface area (Å²) in [6.45, 7) is 6.42. The fraction of sp³-hybridized carbons (Fsp3) is 0.429. The summed E-state index contributed by atoms with van der Waals surface area (Å²) in [4.78, 5) is 20.6. The maximum absolute atomic E-state index is 12.3. The highest BCUT2D eigenvalue weighted by molar-refractivity contribution is 5.97. The van der Waals surface area contributed by atoms with Gasteiger partial charge in [0.25, 0.3) is 5.91 Å². The van der Waals surface area contributed by atoms with Crippen LogP contribution in [-0.2, 0) is 6.54 Å². The Kier molecular flexibility index (Phi) is 4.52. The van der Waals surface area contributed by atoms with Gasteiger partial charge in [0.1, 0.15) is 5.82 Å². The van der Waals surface area contributed by atoms with Crippen molar-refractivity contribution in [1.82, 2.24) is 25.1 Å². The number of carbonyl (C=O) groups excluding carboxylic acids is 1.